The van der Waals surface area contributed by atoms with Gasteiger partial charge in [0.15, 0.2) is 0 Å². The first-order valence-corrected chi connectivity index (χ1v) is 5.14. The van der Waals surface area contributed by atoms with E-state index in [9.17, 15) is 9.59 Å². The monoisotopic (exact) mass is 219 g/mol. The highest BCUT2D eigenvalue weighted by atomic mass is 35.5. The molecule has 80 valence electrons. The molecule has 1 saturated heterocycles. The quantitative estimate of drug-likeness (QED) is 0.713. The molecule has 1 heterocycles. The Morgan fingerprint density at radius 1 is 1.64 bits per heavy atom. The summed E-state index contributed by atoms with van der Waals surface area (Å²) in [6, 6.07) is -0.589. The van der Waals surface area contributed by atoms with E-state index in [1.54, 1.807) is 6.92 Å². The highest BCUT2D eigenvalue weighted by Crippen LogP contribution is 2.12. The summed E-state index contributed by atoms with van der Waals surface area (Å²) in [5.74, 6) is -0.233. The molecular formula is C9H14ClNO3. The third-order valence-electron chi connectivity index (χ3n) is 2.22. The van der Waals surface area contributed by atoms with Gasteiger partial charge in [0.25, 0.3) is 0 Å². The zero-order chi connectivity index (χ0) is 10.6. The smallest absolute Gasteiger partial charge is 0.249 e. The molecule has 4 nitrogen and oxygen atoms in total. The zero-order valence-electron chi connectivity index (χ0n) is 8.09. The molecule has 2 unspecified atom stereocenters. The fourth-order valence-electron chi connectivity index (χ4n) is 1.37. The summed E-state index contributed by atoms with van der Waals surface area (Å²) in [4.78, 5) is 22.3. The van der Waals surface area contributed by atoms with Crippen molar-refractivity contribution in [3.8, 4) is 0 Å². The molecule has 1 fully saturated rings. The molecule has 1 rings (SSSR count). The molecule has 0 aromatic heterocycles. The number of carbonyl (C=O) groups excluding carboxylic acids is 2. The maximum Gasteiger partial charge on any atom is 0.249 e. The molecule has 2 atom stereocenters. The summed E-state index contributed by atoms with van der Waals surface area (Å²) in [5, 5.41) is 2.03. The number of halogens is 1. The Hall–Kier alpha value is -0.610. The van der Waals surface area contributed by atoms with Gasteiger partial charge in [-0.25, -0.2) is 0 Å². The molecule has 0 radical (unpaired) electrons. The maximum absolute atomic E-state index is 11.5. The number of carbonyl (C=O) groups is 2. The molecule has 0 aliphatic carbocycles. The zero-order valence-corrected chi connectivity index (χ0v) is 8.84. The van der Waals surface area contributed by atoms with Crippen molar-refractivity contribution in [2.75, 3.05) is 6.61 Å². The van der Waals surface area contributed by atoms with Crippen LogP contribution in [0.2, 0.25) is 0 Å². The molecule has 0 spiro atoms. The van der Waals surface area contributed by atoms with E-state index in [0.717, 1.165) is 12.8 Å². The first kappa shape index (κ1) is 11.5. The van der Waals surface area contributed by atoms with Crippen molar-refractivity contribution in [1.82, 2.24) is 5.32 Å². The van der Waals surface area contributed by atoms with E-state index in [2.05, 4.69) is 5.32 Å². The van der Waals surface area contributed by atoms with Gasteiger partial charge in [-0.05, 0) is 30.9 Å². The van der Waals surface area contributed by atoms with E-state index in [1.807, 2.05) is 0 Å². The summed E-state index contributed by atoms with van der Waals surface area (Å²) in [6.07, 6.45) is 1.71. The minimum atomic E-state index is -0.589. The molecule has 0 aromatic carbocycles. The summed E-state index contributed by atoms with van der Waals surface area (Å²) in [7, 11) is 0. The maximum atomic E-state index is 11.5. The van der Waals surface area contributed by atoms with Gasteiger partial charge in [-0.2, -0.15) is 0 Å². The molecule has 14 heavy (non-hydrogen) atoms. The molecule has 1 aliphatic heterocycles. The summed E-state index contributed by atoms with van der Waals surface area (Å²) in [6.45, 7) is 2.41. The Morgan fingerprint density at radius 2 is 2.36 bits per heavy atom. The van der Waals surface area contributed by atoms with Crippen molar-refractivity contribution in [3.63, 3.8) is 0 Å². The van der Waals surface area contributed by atoms with E-state index in [-0.39, 0.29) is 5.91 Å². The van der Waals surface area contributed by atoms with Crippen LogP contribution >= 0.6 is 11.6 Å². The highest BCUT2D eigenvalue weighted by molar-refractivity contribution is 6.64. The number of hydrogen-bond acceptors (Lipinski definition) is 3. The SMILES string of the molecule is CCC(NC(=O)C1CCCO1)C(=O)Cl. The Kier molecular flexibility index (Phi) is 4.35. The minimum absolute atomic E-state index is 0.233. The van der Waals surface area contributed by atoms with Gasteiger partial charge in [0.2, 0.25) is 11.1 Å². The lowest BCUT2D eigenvalue weighted by molar-refractivity contribution is -0.132. The van der Waals surface area contributed by atoms with Crippen LogP contribution in [0.4, 0.5) is 0 Å². The van der Waals surface area contributed by atoms with E-state index in [4.69, 9.17) is 16.3 Å². The van der Waals surface area contributed by atoms with Crippen LogP contribution in [-0.4, -0.2) is 29.9 Å². The van der Waals surface area contributed by atoms with E-state index in [1.165, 1.54) is 0 Å². The molecule has 1 N–H and O–H groups in total. The molecule has 0 bridgehead atoms. The van der Waals surface area contributed by atoms with Crippen LogP contribution in [0.5, 0.6) is 0 Å². The van der Waals surface area contributed by atoms with Crippen molar-refractivity contribution in [1.29, 1.82) is 0 Å². The topological polar surface area (TPSA) is 55.4 Å². The number of rotatable bonds is 4. The standard InChI is InChI=1S/C9H14ClNO3/c1-2-6(8(10)12)11-9(13)7-4-3-5-14-7/h6-7H,2-5H2,1H3,(H,11,13). The van der Waals surface area contributed by atoms with Gasteiger partial charge in [-0.1, -0.05) is 6.92 Å². The second kappa shape index (κ2) is 5.32. The second-order valence-electron chi connectivity index (χ2n) is 3.28. The van der Waals surface area contributed by atoms with Crippen molar-refractivity contribution in [3.05, 3.63) is 0 Å². The van der Waals surface area contributed by atoms with Crippen LogP contribution in [0.3, 0.4) is 0 Å². The average molecular weight is 220 g/mol. The third kappa shape index (κ3) is 2.96. The van der Waals surface area contributed by atoms with Crippen LogP contribution in [0.15, 0.2) is 0 Å². The first-order chi connectivity index (χ1) is 6.65. The molecule has 0 aromatic rings. The van der Waals surface area contributed by atoms with E-state index in [0.29, 0.717) is 13.0 Å². The fourth-order valence-corrected chi connectivity index (χ4v) is 1.58. The van der Waals surface area contributed by atoms with E-state index < -0.39 is 17.4 Å². The van der Waals surface area contributed by atoms with Crippen LogP contribution < -0.4 is 5.32 Å². The number of ether oxygens (including phenoxy) is 1. The van der Waals surface area contributed by atoms with Crippen LogP contribution in [0.25, 0.3) is 0 Å². The van der Waals surface area contributed by atoms with Crippen molar-refractivity contribution in [2.24, 2.45) is 0 Å². The predicted octanol–water partition coefficient (Wildman–Crippen LogP) is 0.826. The molecule has 1 amide bonds. The molecule has 5 heteroatoms. The molecular weight excluding hydrogens is 206 g/mol. The first-order valence-electron chi connectivity index (χ1n) is 4.76. The second-order valence-corrected chi connectivity index (χ2v) is 3.65. The molecule has 0 saturated carbocycles. The average Bonchev–Trinajstić information content (AvgIpc) is 2.65. The molecule has 1 aliphatic rings. The van der Waals surface area contributed by atoms with Crippen molar-refractivity contribution >= 4 is 22.8 Å². The lowest BCUT2D eigenvalue weighted by Crippen LogP contribution is -2.43. The summed E-state index contributed by atoms with van der Waals surface area (Å²) >= 11 is 5.30. The highest BCUT2D eigenvalue weighted by Gasteiger charge is 2.26. The third-order valence-corrected chi connectivity index (χ3v) is 2.48. The van der Waals surface area contributed by atoms with Crippen LogP contribution in [0.1, 0.15) is 26.2 Å². The predicted molar refractivity (Wildman–Crippen MR) is 52.1 cm³/mol. The van der Waals surface area contributed by atoms with Gasteiger partial charge in [-0.15, -0.1) is 0 Å². The summed E-state index contributed by atoms with van der Waals surface area (Å²) < 4.78 is 5.17. The van der Waals surface area contributed by atoms with Gasteiger partial charge in [-0.3, -0.25) is 9.59 Å². The Morgan fingerprint density at radius 3 is 2.79 bits per heavy atom. The lowest BCUT2D eigenvalue weighted by atomic mass is 10.2. The van der Waals surface area contributed by atoms with Gasteiger partial charge >= 0.3 is 0 Å². The van der Waals surface area contributed by atoms with Gasteiger partial charge < -0.3 is 10.1 Å². The fraction of sp³-hybridized carbons (Fsp3) is 0.778. The number of hydrogen-bond donors (Lipinski definition) is 1. The van der Waals surface area contributed by atoms with E-state index >= 15 is 0 Å². The largest absolute Gasteiger partial charge is 0.368 e. The number of nitrogens with one attached hydrogen (secondary N) is 1. The Bertz CT molecular complexity index is 226. The number of amides is 1. The Labute approximate surface area is 87.9 Å². The van der Waals surface area contributed by atoms with Crippen LogP contribution in [-0.2, 0) is 14.3 Å². The van der Waals surface area contributed by atoms with Crippen LogP contribution in [0, 0.1) is 0 Å². The van der Waals surface area contributed by atoms with Gasteiger partial charge in [0.1, 0.15) is 12.1 Å². The van der Waals surface area contributed by atoms with Gasteiger partial charge in [0, 0.05) is 6.61 Å². The Balaban J connectivity index is 2.41. The summed E-state index contributed by atoms with van der Waals surface area (Å²) in [5.41, 5.74) is 0. The van der Waals surface area contributed by atoms with Crippen molar-refractivity contribution < 1.29 is 14.3 Å². The van der Waals surface area contributed by atoms with Crippen molar-refractivity contribution in [2.45, 2.75) is 38.3 Å². The normalized spacial score (nSPS) is 23.1. The lowest BCUT2D eigenvalue weighted by Gasteiger charge is -2.15. The minimum Gasteiger partial charge on any atom is -0.368 e. The van der Waals surface area contributed by atoms with Gasteiger partial charge in [0.05, 0.1) is 0 Å².